The van der Waals surface area contributed by atoms with E-state index < -0.39 is 0 Å². The van der Waals surface area contributed by atoms with Crippen LogP contribution in [-0.4, -0.2) is 58.6 Å². The standard InChI is InChI=1S/C17H25N3O2S/c1-13-18-10-14(23-13)11-20-8-6-17(20)5-3-7-19(12-17)16(21)15-4-2-9-22-15/h10,15H,2-9,11-12H2,1H3/t15-,17-/m0/s1. The molecular formula is C17H25N3O2S. The summed E-state index contributed by atoms with van der Waals surface area (Å²) in [5.74, 6) is 0.224. The predicted octanol–water partition coefficient (Wildman–Crippen LogP) is 2.20. The lowest BCUT2D eigenvalue weighted by molar-refractivity contribution is -0.150. The maximum absolute atomic E-state index is 12.7. The van der Waals surface area contributed by atoms with Gasteiger partial charge >= 0.3 is 0 Å². The van der Waals surface area contributed by atoms with Gasteiger partial charge in [-0.3, -0.25) is 9.69 Å². The Kier molecular flexibility index (Phi) is 4.15. The fourth-order valence-corrected chi connectivity index (χ4v) is 5.05. The van der Waals surface area contributed by atoms with Crippen molar-refractivity contribution in [1.82, 2.24) is 14.8 Å². The second kappa shape index (κ2) is 6.15. The Hall–Kier alpha value is -0.980. The van der Waals surface area contributed by atoms with Crippen LogP contribution < -0.4 is 0 Å². The first kappa shape index (κ1) is 15.5. The molecule has 1 aromatic heterocycles. The molecule has 4 heterocycles. The second-order valence-corrected chi connectivity index (χ2v) is 8.43. The smallest absolute Gasteiger partial charge is 0.251 e. The van der Waals surface area contributed by atoms with Crippen LogP contribution in [0.2, 0.25) is 0 Å². The van der Waals surface area contributed by atoms with E-state index in [1.165, 1.54) is 17.7 Å². The van der Waals surface area contributed by atoms with Gasteiger partial charge in [0.05, 0.1) is 5.01 Å². The van der Waals surface area contributed by atoms with Crippen molar-refractivity contribution in [3.05, 3.63) is 16.1 Å². The van der Waals surface area contributed by atoms with E-state index in [0.29, 0.717) is 0 Å². The number of carbonyl (C=O) groups excluding carboxylic acids is 1. The van der Waals surface area contributed by atoms with Gasteiger partial charge in [-0.05, 0) is 39.0 Å². The number of hydrogen-bond donors (Lipinski definition) is 0. The fraction of sp³-hybridized carbons (Fsp3) is 0.765. The highest BCUT2D eigenvalue weighted by Crippen LogP contribution is 2.40. The van der Waals surface area contributed by atoms with Crippen molar-refractivity contribution < 1.29 is 9.53 Å². The highest BCUT2D eigenvalue weighted by molar-refractivity contribution is 7.11. The summed E-state index contributed by atoms with van der Waals surface area (Å²) in [6.07, 6.45) is 7.27. The summed E-state index contributed by atoms with van der Waals surface area (Å²) >= 11 is 1.79. The van der Waals surface area contributed by atoms with Gasteiger partial charge in [0.2, 0.25) is 0 Å². The number of amides is 1. The van der Waals surface area contributed by atoms with E-state index in [0.717, 1.165) is 57.1 Å². The number of rotatable bonds is 3. The summed E-state index contributed by atoms with van der Waals surface area (Å²) < 4.78 is 5.60. The lowest BCUT2D eigenvalue weighted by Gasteiger charge is -2.57. The fourth-order valence-electron chi connectivity index (χ4n) is 4.24. The molecule has 3 aliphatic rings. The van der Waals surface area contributed by atoms with Crippen LogP contribution in [0.25, 0.3) is 0 Å². The summed E-state index contributed by atoms with van der Waals surface area (Å²) in [4.78, 5) is 23.0. The average molecular weight is 335 g/mol. The topological polar surface area (TPSA) is 45.7 Å². The number of hydrogen-bond acceptors (Lipinski definition) is 5. The molecule has 0 radical (unpaired) electrons. The first-order chi connectivity index (χ1) is 11.2. The Morgan fingerprint density at radius 1 is 1.43 bits per heavy atom. The number of likely N-dealkylation sites (tertiary alicyclic amines) is 2. The lowest BCUT2D eigenvalue weighted by atomic mass is 9.77. The van der Waals surface area contributed by atoms with E-state index in [-0.39, 0.29) is 17.6 Å². The number of aromatic nitrogens is 1. The number of ether oxygens (including phenoxy) is 1. The molecule has 1 amide bonds. The van der Waals surface area contributed by atoms with Gasteiger partial charge in [-0.15, -0.1) is 11.3 Å². The predicted molar refractivity (Wildman–Crippen MR) is 89.4 cm³/mol. The van der Waals surface area contributed by atoms with Gasteiger partial charge in [0, 0.05) is 49.4 Å². The summed E-state index contributed by atoms with van der Waals surface area (Å²) in [5.41, 5.74) is 0.199. The summed E-state index contributed by atoms with van der Waals surface area (Å²) in [5, 5.41) is 1.13. The van der Waals surface area contributed by atoms with Crippen molar-refractivity contribution in [2.45, 2.75) is 57.2 Å². The first-order valence-corrected chi connectivity index (χ1v) is 9.55. The van der Waals surface area contributed by atoms with Gasteiger partial charge in [0.1, 0.15) is 6.10 Å². The molecule has 0 saturated carbocycles. The van der Waals surface area contributed by atoms with Crippen molar-refractivity contribution >= 4 is 17.2 Å². The van der Waals surface area contributed by atoms with E-state index >= 15 is 0 Å². The first-order valence-electron chi connectivity index (χ1n) is 8.73. The quantitative estimate of drug-likeness (QED) is 0.849. The maximum atomic E-state index is 12.7. The Labute approximate surface area is 141 Å². The van der Waals surface area contributed by atoms with Gasteiger partial charge in [-0.25, -0.2) is 4.98 Å². The highest BCUT2D eigenvalue weighted by Gasteiger charge is 2.48. The molecule has 0 aromatic carbocycles. The minimum Gasteiger partial charge on any atom is -0.368 e. The number of thiazole rings is 1. The molecule has 0 N–H and O–H groups in total. The Morgan fingerprint density at radius 3 is 3.00 bits per heavy atom. The summed E-state index contributed by atoms with van der Waals surface area (Å²) in [6, 6.07) is 0. The zero-order valence-corrected chi connectivity index (χ0v) is 14.6. The van der Waals surface area contributed by atoms with E-state index in [4.69, 9.17) is 4.74 Å². The molecule has 3 saturated heterocycles. The van der Waals surface area contributed by atoms with Gasteiger partial charge in [-0.2, -0.15) is 0 Å². The third kappa shape index (κ3) is 2.92. The van der Waals surface area contributed by atoms with Crippen LogP contribution in [0.1, 0.15) is 42.0 Å². The number of nitrogens with zero attached hydrogens (tertiary/aromatic N) is 3. The van der Waals surface area contributed by atoms with Crippen LogP contribution in [-0.2, 0) is 16.1 Å². The van der Waals surface area contributed by atoms with E-state index in [1.807, 2.05) is 6.20 Å². The number of piperidine rings is 1. The molecule has 5 nitrogen and oxygen atoms in total. The molecule has 23 heavy (non-hydrogen) atoms. The average Bonchev–Trinajstić information content (AvgIpc) is 3.23. The van der Waals surface area contributed by atoms with Crippen molar-refractivity contribution in [1.29, 1.82) is 0 Å². The largest absolute Gasteiger partial charge is 0.368 e. The molecule has 0 bridgehead atoms. The van der Waals surface area contributed by atoms with Crippen LogP contribution in [0.4, 0.5) is 0 Å². The molecule has 3 aliphatic heterocycles. The van der Waals surface area contributed by atoms with Gasteiger partial charge < -0.3 is 9.64 Å². The minimum absolute atomic E-state index is 0.178. The maximum Gasteiger partial charge on any atom is 0.251 e. The summed E-state index contributed by atoms with van der Waals surface area (Å²) in [6.45, 7) is 6.69. The third-order valence-electron chi connectivity index (χ3n) is 5.61. The summed E-state index contributed by atoms with van der Waals surface area (Å²) in [7, 11) is 0. The van der Waals surface area contributed by atoms with Crippen molar-refractivity contribution in [2.24, 2.45) is 0 Å². The molecule has 3 fully saturated rings. The van der Waals surface area contributed by atoms with Crippen LogP contribution in [0, 0.1) is 6.92 Å². The zero-order chi connectivity index (χ0) is 15.9. The molecule has 2 atom stereocenters. The van der Waals surface area contributed by atoms with E-state index in [9.17, 15) is 4.79 Å². The van der Waals surface area contributed by atoms with Crippen LogP contribution >= 0.6 is 11.3 Å². The lowest BCUT2D eigenvalue weighted by Crippen LogP contribution is -2.67. The van der Waals surface area contributed by atoms with Gasteiger partial charge in [-0.1, -0.05) is 0 Å². The van der Waals surface area contributed by atoms with Crippen molar-refractivity contribution in [2.75, 3.05) is 26.2 Å². The SMILES string of the molecule is Cc1ncc(CN2CC[C@]23CCCN(C(=O)[C@@H]2CCCO2)C3)s1. The molecule has 0 unspecified atom stereocenters. The zero-order valence-electron chi connectivity index (χ0n) is 13.8. The number of aryl methyl sites for hydroxylation is 1. The Morgan fingerprint density at radius 2 is 2.35 bits per heavy atom. The monoisotopic (exact) mass is 335 g/mol. The number of carbonyl (C=O) groups is 1. The second-order valence-electron chi connectivity index (χ2n) is 7.11. The Balaban J connectivity index is 1.42. The van der Waals surface area contributed by atoms with E-state index in [1.54, 1.807) is 11.3 Å². The van der Waals surface area contributed by atoms with Crippen molar-refractivity contribution in [3.8, 4) is 0 Å². The molecule has 6 heteroatoms. The normalized spacial score (nSPS) is 31.5. The van der Waals surface area contributed by atoms with Crippen LogP contribution in [0.3, 0.4) is 0 Å². The molecule has 4 rings (SSSR count). The van der Waals surface area contributed by atoms with E-state index in [2.05, 4.69) is 21.7 Å². The molecule has 0 aliphatic carbocycles. The minimum atomic E-state index is -0.178. The van der Waals surface area contributed by atoms with Crippen LogP contribution in [0.15, 0.2) is 6.20 Å². The highest BCUT2D eigenvalue weighted by atomic mass is 32.1. The molecule has 1 aromatic rings. The van der Waals surface area contributed by atoms with Gasteiger partial charge in [0.15, 0.2) is 0 Å². The van der Waals surface area contributed by atoms with Gasteiger partial charge in [0.25, 0.3) is 5.91 Å². The Bertz CT molecular complexity index is 584. The molecule has 1 spiro atoms. The molecular weight excluding hydrogens is 310 g/mol. The molecule has 126 valence electrons. The third-order valence-corrected chi connectivity index (χ3v) is 6.50. The van der Waals surface area contributed by atoms with Crippen molar-refractivity contribution in [3.63, 3.8) is 0 Å². The van der Waals surface area contributed by atoms with Crippen LogP contribution in [0.5, 0.6) is 0 Å².